The summed E-state index contributed by atoms with van der Waals surface area (Å²) in [5.74, 6) is 0.691. The zero-order valence-corrected chi connectivity index (χ0v) is 15.0. The van der Waals surface area contributed by atoms with Gasteiger partial charge >= 0.3 is 0 Å². The highest BCUT2D eigenvalue weighted by Crippen LogP contribution is 2.15. The summed E-state index contributed by atoms with van der Waals surface area (Å²) in [6, 6.07) is 19.3. The molecular formula is C22H22N2O2. The number of nitrogens with zero attached hydrogens (tertiary/aromatic N) is 1. The maximum absolute atomic E-state index is 12.4. The third-order valence-electron chi connectivity index (χ3n) is 4.09. The van der Waals surface area contributed by atoms with E-state index in [0.717, 1.165) is 28.1 Å². The van der Waals surface area contributed by atoms with Gasteiger partial charge in [0.1, 0.15) is 12.4 Å². The molecule has 1 amide bonds. The average molecular weight is 346 g/mol. The van der Waals surface area contributed by atoms with Crippen LogP contribution in [0.25, 0.3) is 0 Å². The molecule has 0 spiro atoms. The summed E-state index contributed by atoms with van der Waals surface area (Å²) in [4.78, 5) is 16.6. The average Bonchev–Trinajstić information content (AvgIpc) is 2.66. The molecule has 132 valence electrons. The van der Waals surface area contributed by atoms with E-state index in [2.05, 4.69) is 10.3 Å². The molecule has 26 heavy (non-hydrogen) atoms. The van der Waals surface area contributed by atoms with Crippen molar-refractivity contribution < 1.29 is 9.53 Å². The summed E-state index contributed by atoms with van der Waals surface area (Å²) in [5.41, 5.74) is 4.70. The van der Waals surface area contributed by atoms with Crippen LogP contribution < -0.4 is 10.1 Å². The number of hydrogen-bond donors (Lipinski definition) is 1. The maximum atomic E-state index is 12.4. The largest absolute Gasteiger partial charge is 0.487 e. The molecule has 1 N–H and O–H groups in total. The Hall–Kier alpha value is -3.14. The molecule has 3 aromatic rings. The Kier molecular flexibility index (Phi) is 5.64. The molecule has 3 rings (SSSR count). The predicted octanol–water partition coefficient (Wildman–Crippen LogP) is 4.21. The minimum atomic E-state index is -0.0673. The molecule has 0 saturated heterocycles. The van der Waals surface area contributed by atoms with E-state index in [1.54, 1.807) is 6.20 Å². The number of carbonyl (C=O) groups is 1. The minimum absolute atomic E-state index is 0.0673. The second-order valence-corrected chi connectivity index (χ2v) is 6.26. The second-order valence-electron chi connectivity index (χ2n) is 6.26. The molecule has 0 radical (unpaired) electrons. The molecule has 0 fully saturated rings. The van der Waals surface area contributed by atoms with E-state index in [1.807, 2.05) is 74.5 Å². The van der Waals surface area contributed by atoms with Crippen molar-refractivity contribution in [3.8, 4) is 5.75 Å². The first kappa shape index (κ1) is 17.7. The highest BCUT2D eigenvalue weighted by atomic mass is 16.5. The van der Waals surface area contributed by atoms with E-state index in [1.165, 1.54) is 0 Å². The molecule has 4 nitrogen and oxygen atoms in total. The molecule has 0 bridgehead atoms. The van der Waals surface area contributed by atoms with Crippen molar-refractivity contribution in [1.82, 2.24) is 10.3 Å². The SMILES string of the molecule is Cc1ccc(C(=O)NCc2cccc(OCc3ccccn3)c2)c(C)c1. The standard InChI is InChI=1S/C22H22N2O2/c1-16-9-10-21(17(2)12-16)22(25)24-14-18-6-5-8-20(13-18)26-15-19-7-3-4-11-23-19/h3-13H,14-15H2,1-2H3,(H,24,25). The van der Waals surface area contributed by atoms with E-state index in [4.69, 9.17) is 4.74 Å². The number of ether oxygens (including phenoxy) is 1. The highest BCUT2D eigenvalue weighted by Gasteiger charge is 2.09. The van der Waals surface area contributed by atoms with Gasteiger partial charge in [0, 0.05) is 18.3 Å². The fourth-order valence-corrected chi connectivity index (χ4v) is 2.73. The fraction of sp³-hybridized carbons (Fsp3) is 0.182. The molecule has 1 heterocycles. The van der Waals surface area contributed by atoms with Gasteiger partial charge in [-0.1, -0.05) is 35.9 Å². The lowest BCUT2D eigenvalue weighted by Crippen LogP contribution is -2.23. The Morgan fingerprint density at radius 2 is 1.92 bits per heavy atom. The van der Waals surface area contributed by atoms with Crippen LogP contribution >= 0.6 is 0 Å². The van der Waals surface area contributed by atoms with Gasteiger partial charge < -0.3 is 10.1 Å². The van der Waals surface area contributed by atoms with Crippen LogP contribution in [0.1, 0.15) is 32.7 Å². The predicted molar refractivity (Wildman–Crippen MR) is 102 cm³/mol. The van der Waals surface area contributed by atoms with Crippen LogP contribution in [-0.4, -0.2) is 10.9 Å². The second kappa shape index (κ2) is 8.30. The molecule has 0 aliphatic carbocycles. The molecule has 0 atom stereocenters. The smallest absolute Gasteiger partial charge is 0.251 e. The number of rotatable bonds is 6. The Balaban J connectivity index is 1.59. The zero-order valence-electron chi connectivity index (χ0n) is 15.0. The molecule has 0 aliphatic heterocycles. The maximum Gasteiger partial charge on any atom is 0.251 e. The van der Waals surface area contributed by atoms with Crippen LogP contribution in [0.3, 0.4) is 0 Å². The number of carbonyl (C=O) groups excluding carboxylic acids is 1. The van der Waals surface area contributed by atoms with Gasteiger partial charge in [-0.15, -0.1) is 0 Å². The Morgan fingerprint density at radius 1 is 1.04 bits per heavy atom. The van der Waals surface area contributed by atoms with E-state index < -0.39 is 0 Å². The van der Waals surface area contributed by atoms with Crippen molar-refractivity contribution in [3.05, 3.63) is 94.8 Å². The molecule has 1 aromatic heterocycles. The fourth-order valence-electron chi connectivity index (χ4n) is 2.73. The zero-order chi connectivity index (χ0) is 18.4. The first-order valence-corrected chi connectivity index (χ1v) is 8.59. The van der Waals surface area contributed by atoms with Gasteiger partial charge in [0.15, 0.2) is 0 Å². The van der Waals surface area contributed by atoms with E-state index >= 15 is 0 Å². The number of hydrogen-bond acceptors (Lipinski definition) is 3. The monoisotopic (exact) mass is 346 g/mol. The van der Waals surface area contributed by atoms with E-state index in [0.29, 0.717) is 18.7 Å². The lowest BCUT2D eigenvalue weighted by atomic mass is 10.1. The molecular weight excluding hydrogens is 324 g/mol. The summed E-state index contributed by atoms with van der Waals surface area (Å²) in [7, 11) is 0. The summed E-state index contributed by atoms with van der Waals surface area (Å²) < 4.78 is 5.78. The summed E-state index contributed by atoms with van der Waals surface area (Å²) >= 11 is 0. The van der Waals surface area contributed by atoms with Crippen molar-refractivity contribution >= 4 is 5.91 Å². The van der Waals surface area contributed by atoms with Crippen LogP contribution in [0.5, 0.6) is 5.75 Å². The van der Waals surface area contributed by atoms with Crippen LogP contribution in [0.15, 0.2) is 66.9 Å². The van der Waals surface area contributed by atoms with E-state index in [-0.39, 0.29) is 5.91 Å². The van der Waals surface area contributed by atoms with Crippen LogP contribution in [0, 0.1) is 13.8 Å². The third kappa shape index (κ3) is 4.70. The Bertz CT molecular complexity index is 892. The normalized spacial score (nSPS) is 10.4. The third-order valence-corrected chi connectivity index (χ3v) is 4.09. The summed E-state index contributed by atoms with van der Waals surface area (Å²) in [5, 5.41) is 2.97. The Labute approximate surface area is 153 Å². The quantitative estimate of drug-likeness (QED) is 0.727. The van der Waals surface area contributed by atoms with Crippen molar-refractivity contribution in [2.24, 2.45) is 0 Å². The molecule has 4 heteroatoms. The summed E-state index contributed by atoms with van der Waals surface area (Å²) in [6.45, 7) is 4.84. The van der Waals surface area contributed by atoms with Gasteiger partial charge in [-0.05, 0) is 55.3 Å². The van der Waals surface area contributed by atoms with Gasteiger partial charge in [0.25, 0.3) is 5.91 Å². The summed E-state index contributed by atoms with van der Waals surface area (Å²) in [6.07, 6.45) is 1.75. The number of nitrogens with one attached hydrogen (secondary N) is 1. The highest BCUT2D eigenvalue weighted by molar-refractivity contribution is 5.95. The molecule has 0 unspecified atom stereocenters. The van der Waals surface area contributed by atoms with Gasteiger partial charge in [-0.2, -0.15) is 0 Å². The number of amides is 1. The number of aryl methyl sites for hydroxylation is 2. The van der Waals surface area contributed by atoms with Crippen molar-refractivity contribution in [1.29, 1.82) is 0 Å². The van der Waals surface area contributed by atoms with Crippen LogP contribution in [0.2, 0.25) is 0 Å². The Morgan fingerprint density at radius 3 is 2.69 bits per heavy atom. The van der Waals surface area contributed by atoms with Crippen molar-refractivity contribution in [3.63, 3.8) is 0 Å². The van der Waals surface area contributed by atoms with Gasteiger partial charge in [0.05, 0.1) is 5.69 Å². The topological polar surface area (TPSA) is 51.2 Å². The van der Waals surface area contributed by atoms with Crippen LogP contribution in [-0.2, 0) is 13.2 Å². The van der Waals surface area contributed by atoms with Gasteiger partial charge in [-0.25, -0.2) is 0 Å². The van der Waals surface area contributed by atoms with Crippen molar-refractivity contribution in [2.75, 3.05) is 0 Å². The molecule has 2 aromatic carbocycles. The number of aromatic nitrogens is 1. The molecule has 0 aliphatic rings. The minimum Gasteiger partial charge on any atom is -0.487 e. The van der Waals surface area contributed by atoms with Crippen LogP contribution in [0.4, 0.5) is 0 Å². The van der Waals surface area contributed by atoms with E-state index in [9.17, 15) is 4.79 Å². The number of pyridine rings is 1. The van der Waals surface area contributed by atoms with Gasteiger partial charge in [0.2, 0.25) is 0 Å². The number of benzene rings is 2. The van der Waals surface area contributed by atoms with Crippen molar-refractivity contribution in [2.45, 2.75) is 27.0 Å². The lowest BCUT2D eigenvalue weighted by Gasteiger charge is -2.10. The lowest BCUT2D eigenvalue weighted by molar-refractivity contribution is 0.0950. The molecule has 0 saturated carbocycles. The first-order valence-electron chi connectivity index (χ1n) is 8.59. The van der Waals surface area contributed by atoms with Gasteiger partial charge in [-0.3, -0.25) is 9.78 Å². The first-order chi connectivity index (χ1) is 12.6.